The van der Waals surface area contributed by atoms with Crippen LogP contribution in [0.1, 0.15) is 101 Å². The van der Waals surface area contributed by atoms with Crippen LogP contribution in [0.4, 0.5) is 20.2 Å². The molecule has 306 valence electrons. The molecule has 6 amide bonds. The van der Waals surface area contributed by atoms with E-state index in [9.17, 15) is 37.5 Å². The molecule has 59 heavy (non-hydrogen) atoms. The second-order valence-corrected chi connectivity index (χ2v) is 16.2. The molecule has 0 bridgehead atoms. The minimum atomic E-state index is -2.79. The zero-order chi connectivity index (χ0) is 41.2. The molecule has 4 aliphatic heterocycles. The first kappa shape index (κ1) is 38.3. The summed E-state index contributed by atoms with van der Waals surface area (Å²) in [6, 6.07) is 11.7. The van der Waals surface area contributed by atoms with Gasteiger partial charge in [-0.1, -0.05) is 6.07 Å². The molecule has 1 atom stereocenters. The second kappa shape index (κ2) is 14.8. The quantitative estimate of drug-likeness (QED) is 0.233. The number of alkyl halides is 2. The minimum Gasteiger partial charge on any atom is -0.494 e. The molecule has 2 aromatic heterocycles. The lowest BCUT2D eigenvalue weighted by molar-refractivity contribution is -0.140. The molecule has 4 aromatic rings. The fraction of sp³-hybridized carbons (Fsp3) is 0.429. The summed E-state index contributed by atoms with van der Waals surface area (Å²) in [4.78, 5) is 86.0. The first-order chi connectivity index (χ1) is 28.4. The van der Waals surface area contributed by atoms with Crippen LogP contribution in [0.25, 0.3) is 10.9 Å². The number of halogens is 2. The number of carbonyl (C=O) groups is 6. The third-order valence-electron chi connectivity index (χ3n) is 12.8. The van der Waals surface area contributed by atoms with Crippen LogP contribution in [0.15, 0.2) is 54.7 Å². The van der Waals surface area contributed by atoms with Crippen LogP contribution in [0, 0.1) is 11.3 Å². The third-order valence-corrected chi connectivity index (χ3v) is 12.8. The van der Waals surface area contributed by atoms with E-state index in [2.05, 4.69) is 20.5 Å². The molecule has 5 aliphatic rings. The summed E-state index contributed by atoms with van der Waals surface area (Å²) in [5.41, 5.74) is 1.86. The lowest BCUT2D eigenvalue weighted by Crippen LogP contribution is -2.54. The van der Waals surface area contributed by atoms with Gasteiger partial charge in [-0.3, -0.25) is 43.7 Å². The van der Waals surface area contributed by atoms with Gasteiger partial charge < -0.3 is 19.9 Å². The van der Waals surface area contributed by atoms with Crippen molar-refractivity contribution >= 4 is 57.7 Å². The smallest absolute Gasteiger partial charge is 0.280 e. The molecule has 1 saturated carbocycles. The molecule has 3 saturated heterocycles. The van der Waals surface area contributed by atoms with E-state index in [1.165, 1.54) is 25.3 Å². The number of benzene rings is 2. The van der Waals surface area contributed by atoms with Crippen molar-refractivity contribution in [1.82, 2.24) is 29.9 Å². The Balaban J connectivity index is 0.771. The van der Waals surface area contributed by atoms with Gasteiger partial charge in [0.15, 0.2) is 0 Å². The van der Waals surface area contributed by atoms with Crippen LogP contribution in [0.3, 0.4) is 0 Å². The van der Waals surface area contributed by atoms with Crippen molar-refractivity contribution < 1.29 is 42.3 Å². The van der Waals surface area contributed by atoms with E-state index in [-0.39, 0.29) is 52.9 Å². The minimum absolute atomic E-state index is 0.0590. The number of methoxy groups -OCH3 is 1. The number of hydrogen-bond donors (Lipinski definition) is 2. The largest absolute Gasteiger partial charge is 0.494 e. The highest BCUT2D eigenvalue weighted by Crippen LogP contribution is 2.55. The number of nitrogens with one attached hydrogen (secondary N) is 2. The Hall–Kier alpha value is -6.26. The van der Waals surface area contributed by atoms with Crippen LogP contribution in [-0.2, 0) is 14.4 Å². The van der Waals surface area contributed by atoms with Crippen molar-refractivity contribution in [1.29, 1.82) is 0 Å². The van der Waals surface area contributed by atoms with Crippen LogP contribution >= 0.6 is 0 Å². The number of nitrogens with zero attached hydrogens (tertiary/aromatic N) is 6. The summed E-state index contributed by atoms with van der Waals surface area (Å²) in [7, 11) is 1.48. The molecule has 1 unspecified atom stereocenters. The standard InChI is InChI=1S/C42H42F2N8O7/c1-59-34-19-31-24(17-32(34)46-37(54)30-4-2-3-29(45-30)36(43)44)22-51(48-31)26-20-42(21-26)11-15-50(16-12-42)39(56)23-9-13-49(14-10-23)25-5-6-27-28(18-25)41(58)52(40(27)57)33-7-8-35(53)47-38(33)55/h2-6,17-19,22-23,26,33,36H,7-16,20-21H2,1H3,(H,46,54)(H,47,53,55). The van der Waals surface area contributed by atoms with Gasteiger partial charge in [-0.05, 0) is 86.8 Å². The number of fused-ring (bicyclic) bond motifs is 2. The molecule has 17 heteroatoms. The maximum Gasteiger partial charge on any atom is 0.280 e. The third kappa shape index (κ3) is 6.95. The van der Waals surface area contributed by atoms with E-state index >= 15 is 0 Å². The van der Waals surface area contributed by atoms with Crippen molar-refractivity contribution in [2.75, 3.05) is 43.5 Å². The molecular formula is C42H42F2N8O7. The van der Waals surface area contributed by atoms with E-state index in [1.807, 2.05) is 15.8 Å². The predicted octanol–water partition coefficient (Wildman–Crippen LogP) is 4.89. The van der Waals surface area contributed by atoms with E-state index in [0.29, 0.717) is 56.0 Å². The van der Waals surface area contributed by atoms with Gasteiger partial charge in [0, 0.05) is 61.9 Å². The molecular weight excluding hydrogens is 767 g/mol. The van der Waals surface area contributed by atoms with Gasteiger partial charge in [-0.25, -0.2) is 13.8 Å². The number of hydrogen-bond acceptors (Lipinski definition) is 10. The normalized spacial score (nSPS) is 20.9. The van der Waals surface area contributed by atoms with Gasteiger partial charge in [0.25, 0.3) is 24.1 Å². The van der Waals surface area contributed by atoms with Crippen LogP contribution in [0.5, 0.6) is 5.75 Å². The SMILES string of the molecule is COc1cc2nn(C3CC4(CCN(C(=O)C5CCN(c6ccc7c(c6)C(=O)N(C6CCC(=O)NC6=O)C7=O)CC5)CC4)C3)cc2cc1NC(=O)c1cccc(C(F)F)n1. The van der Waals surface area contributed by atoms with Gasteiger partial charge >= 0.3 is 0 Å². The van der Waals surface area contributed by atoms with Gasteiger partial charge in [0.2, 0.25) is 17.7 Å². The number of aromatic nitrogens is 3. The van der Waals surface area contributed by atoms with Crippen LogP contribution in [0.2, 0.25) is 0 Å². The summed E-state index contributed by atoms with van der Waals surface area (Å²) >= 11 is 0. The van der Waals surface area contributed by atoms with Gasteiger partial charge in [-0.15, -0.1) is 0 Å². The Morgan fingerprint density at radius 1 is 0.932 bits per heavy atom. The van der Waals surface area contributed by atoms with Crippen LogP contribution in [-0.4, -0.2) is 99.3 Å². The Morgan fingerprint density at radius 2 is 1.68 bits per heavy atom. The average Bonchev–Trinajstić information content (AvgIpc) is 3.75. The number of amides is 6. The van der Waals surface area contributed by atoms with Gasteiger partial charge in [0.1, 0.15) is 23.2 Å². The number of imide groups is 2. The summed E-state index contributed by atoms with van der Waals surface area (Å²) in [5.74, 6) is -2.32. The van der Waals surface area contributed by atoms with E-state index < -0.39 is 47.7 Å². The highest BCUT2D eigenvalue weighted by Gasteiger charge is 2.48. The van der Waals surface area contributed by atoms with Crippen molar-refractivity contribution in [2.24, 2.45) is 11.3 Å². The Bertz CT molecular complexity index is 2410. The zero-order valence-electron chi connectivity index (χ0n) is 32.3. The van der Waals surface area contributed by atoms with Crippen LogP contribution < -0.4 is 20.3 Å². The maximum atomic E-state index is 13.7. The first-order valence-corrected chi connectivity index (χ1v) is 19.9. The monoisotopic (exact) mass is 808 g/mol. The molecule has 1 aliphatic carbocycles. The Labute approximate surface area is 337 Å². The zero-order valence-corrected chi connectivity index (χ0v) is 32.3. The highest BCUT2D eigenvalue weighted by molar-refractivity contribution is 6.23. The molecule has 0 radical (unpaired) electrons. The van der Waals surface area contributed by atoms with Gasteiger partial charge in [0.05, 0.1) is 35.5 Å². The fourth-order valence-corrected chi connectivity index (χ4v) is 9.45. The van der Waals surface area contributed by atoms with E-state index in [4.69, 9.17) is 9.84 Å². The first-order valence-electron chi connectivity index (χ1n) is 19.9. The van der Waals surface area contributed by atoms with E-state index in [1.54, 1.807) is 30.3 Å². The fourth-order valence-electron chi connectivity index (χ4n) is 9.45. The number of ether oxygens (including phenoxy) is 1. The number of rotatable bonds is 8. The van der Waals surface area contributed by atoms with Crippen molar-refractivity contribution in [2.45, 2.75) is 69.9 Å². The van der Waals surface area contributed by atoms with Crippen molar-refractivity contribution in [3.8, 4) is 5.75 Å². The topological polar surface area (TPSA) is 176 Å². The molecule has 2 N–H and O–H groups in total. The van der Waals surface area contributed by atoms with Crippen molar-refractivity contribution in [3.05, 3.63) is 77.2 Å². The molecule has 1 spiro atoms. The number of anilines is 2. The molecule has 9 rings (SSSR count). The number of piperidine rings is 3. The Kier molecular flexibility index (Phi) is 9.63. The van der Waals surface area contributed by atoms with E-state index in [0.717, 1.165) is 41.7 Å². The van der Waals surface area contributed by atoms with Gasteiger partial charge in [-0.2, -0.15) is 5.10 Å². The lowest BCUT2D eigenvalue weighted by atomic mass is 9.60. The number of carbonyl (C=O) groups excluding carboxylic acids is 6. The second-order valence-electron chi connectivity index (χ2n) is 16.2. The molecule has 6 heterocycles. The lowest BCUT2D eigenvalue weighted by Gasteiger charge is -2.52. The molecule has 15 nitrogen and oxygen atoms in total. The summed E-state index contributed by atoms with van der Waals surface area (Å²) in [5, 5.41) is 10.6. The summed E-state index contributed by atoms with van der Waals surface area (Å²) < 4.78 is 33.8. The Morgan fingerprint density at radius 3 is 2.39 bits per heavy atom. The summed E-state index contributed by atoms with van der Waals surface area (Å²) in [6.45, 7) is 2.65. The highest BCUT2D eigenvalue weighted by atomic mass is 19.3. The average molecular weight is 809 g/mol. The summed E-state index contributed by atoms with van der Waals surface area (Å²) in [6.07, 6.45) is 4.35. The number of pyridine rings is 1. The maximum absolute atomic E-state index is 13.7. The van der Waals surface area contributed by atoms with Crippen molar-refractivity contribution in [3.63, 3.8) is 0 Å². The predicted molar refractivity (Wildman–Crippen MR) is 208 cm³/mol. The number of likely N-dealkylation sites (tertiary alicyclic amines) is 1. The molecule has 4 fully saturated rings. The molecule has 2 aromatic carbocycles.